The fourth-order valence-corrected chi connectivity index (χ4v) is 4.33. The molecule has 1 aliphatic carbocycles. The Morgan fingerprint density at radius 3 is 2.61 bits per heavy atom. The van der Waals surface area contributed by atoms with Crippen molar-refractivity contribution >= 4 is 0 Å². The lowest BCUT2D eigenvalue weighted by atomic mass is 9.86. The summed E-state index contributed by atoms with van der Waals surface area (Å²) >= 11 is 0. The minimum atomic E-state index is 0.110. The molecular weight excluding hydrogens is 224 g/mol. The second-order valence-electron chi connectivity index (χ2n) is 6.95. The normalized spacial score (nSPS) is 34.0. The van der Waals surface area contributed by atoms with E-state index in [1.807, 2.05) is 0 Å². The van der Waals surface area contributed by atoms with Gasteiger partial charge in [0.1, 0.15) is 0 Å². The van der Waals surface area contributed by atoms with Gasteiger partial charge in [-0.05, 0) is 32.1 Å². The van der Waals surface area contributed by atoms with E-state index in [4.69, 9.17) is 10.5 Å². The van der Waals surface area contributed by atoms with Gasteiger partial charge in [0.15, 0.2) is 0 Å². The third kappa shape index (κ3) is 2.45. The van der Waals surface area contributed by atoms with Crippen molar-refractivity contribution in [1.29, 1.82) is 0 Å². The number of hydrogen-bond donors (Lipinski definition) is 1. The molecule has 0 bridgehead atoms. The molecule has 104 valence electrons. The second kappa shape index (κ2) is 4.77. The number of nitrogens with two attached hydrogens (primary N) is 1. The van der Waals surface area contributed by atoms with Crippen molar-refractivity contribution in [3.8, 4) is 0 Å². The van der Waals surface area contributed by atoms with Crippen LogP contribution in [0.5, 0.6) is 0 Å². The van der Waals surface area contributed by atoms with Gasteiger partial charge >= 0.3 is 0 Å². The Hall–Kier alpha value is -0.120. The average molecular weight is 252 g/mol. The second-order valence-corrected chi connectivity index (χ2v) is 6.95. The largest absolute Gasteiger partial charge is 0.370 e. The first-order valence-electron chi connectivity index (χ1n) is 7.82. The summed E-state index contributed by atoms with van der Waals surface area (Å²) in [6, 6.07) is 0. The molecule has 3 rings (SSSR count). The molecule has 0 amide bonds. The summed E-state index contributed by atoms with van der Waals surface area (Å²) in [6.45, 7) is 5.49. The minimum absolute atomic E-state index is 0.110. The molecule has 2 aliphatic heterocycles. The molecular formula is C15H28N2O. The summed E-state index contributed by atoms with van der Waals surface area (Å²) < 4.78 is 6.36. The number of hydrogen-bond acceptors (Lipinski definition) is 3. The van der Waals surface area contributed by atoms with Gasteiger partial charge in [-0.2, -0.15) is 0 Å². The van der Waals surface area contributed by atoms with Crippen LogP contribution in [0, 0.1) is 0 Å². The van der Waals surface area contributed by atoms with Crippen molar-refractivity contribution < 1.29 is 4.74 Å². The summed E-state index contributed by atoms with van der Waals surface area (Å²) in [5, 5.41) is 0. The SMILES string of the molecule is CCCC1(N)CN(CC2CCC3(CCCC3)O2)C1. The van der Waals surface area contributed by atoms with Crippen molar-refractivity contribution in [3.05, 3.63) is 0 Å². The smallest absolute Gasteiger partial charge is 0.0710 e. The number of likely N-dealkylation sites (tertiary alicyclic amines) is 1. The molecule has 2 N–H and O–H groups in total. The Balaban J connectivity index is 1.43. The topological polar surface area (TPSA) is 38.5 Å². The molecule has 2 heterocycles. The van der Waals surface area contributed by atoms with Gasteiger partial charge in [-0.3, -0.25) is 4.90 Å². The zero-order valence-corrected chi connectivity index (χ0v) is 11.8. The summed E-state index contributed by atoms with van der Waals surface area (Å²) in [5.74, 6) is 0. The van der Waals surface area contributed by atoms with Crippen LogP contribution < -0.4 is 5.73 Å². The maximum absolute atomic E-state index is 6.36. The monoisotopic (exact) mass is 252 g/mol. The van der Waals surface area contributed by atoms with Gasteiger partial charge in [-0.1, -0.05) is 26.2 Å². The average Bonchev–Trinajstić information content (AvgIpc) is 2.89. The first-order valence-corrected chi connectivity index (χ1v) is 7.82. The Bertz CT molecular complexity index is 293. The molecule has 3 aliphatic rings. The number of rotatable bonds is 4. The van der Waals surface area contributed by atoms with E-state index >= 15 is 0 Å². The van der Waals surface area contributed by atoms with Gasteiger partial charge < -0.3 is 10.5 Å². The van der Waals surface area contributed by atoms with E-state index < -0.39 is 0 Å². The molecule has 2 saturated heterocycles. The van der Waals surface area contributed by atoms with Crippen LogP contribution in [0.15, 0.2) is 0 Å². The van der Waals surface area contributed by atoms with Crippen molar-refractivity contribution in [2.45, 2.75) is 75.5 Å². The molecule has 1 unspecified atom stereocenters. The Morgan fingerprint density at radius 2 is 1.94 bits per heavy atom. The van der Waals surface area contributed by atoms with Crippen molar-refractivity contribution in [2.75, 3.05) is 19.6 Å². The van der Waals surface area contributed by atoms with Gasteiger partial charge in [0.25, 0.3) is 0 Å². The van der Waals surface area contributed by atoms with Crippen LogP contribution in [0.1, 0.15) is 58.3 Å². The van der Waals surface area contributed by atoms with E-state index in [1.165, 1.54) is 51.4 Å². The summed E-state index contributed by atoms with van der Waals surface area (Å²) in [6.07, 6.45) is 10.8. The quantitative estimate of drug-likeness (QED) is 0.834. The van der Waals surface area contributed by atoms with Gasteiger partial charge in [0, 0.05) is 25.2 Å². The molecule has 1 atom stereocenters. The van der Waals surface area contributed by atoms with E-state index in [2.05, 4.69) is 11.8 Å². The van der Waals surface area contributed by atoms with Crippen molar-refractivity contribution in [3.63, 3.8) is 0 Å². The zero-order chi connectivity index (χ0) is 12.6. The maximum atomic E-state index is 6.36. The van der Waals surface area contributed by atoms with Gasteiger partial charge in [0.2, 0.25) is 0 Å². The highest BCUT2D eigenvalue weighted by molar-refractivity contribution is 5.01. The predicted molar refractivity (Wildman–Crippen MR) is 73.6 cm³/mol. The summed E-state index contributed by atoms with van der Waals surface area (Å²) in [7, 11) is 0. The standard InChI is InChI=1S/C15H28N2O/c1-2-6-14(16)11-17(12-14)10-13-5-9-15(18-13)7-3-4-8-15/h13H,2-12,16H2,1H3. The van der Waals surface area contributed by atoms with E-state index in [0.717, 1.165) is 19.6 Å². The van der Waals surface area contributed by atoms with Crippen LogP contribution in [0.3, 0.4) is 0 Å². The predicted octanol–water partition coefficient (Wildman–Crippen LogP) is 2.29. The van der Waals surface area contributed by atoms with Gasteiger partial charge in [-0.25, -0.2) is 0 Å². The molecule has 1 saturated carbocycles. The fraction of sp³-hybridized carbons (Fsp3) is 1.00. The highest BCUT2D eigenvalue weighted by atomic mass is 16.5. The summed E-state index contributed by atoms with van der Waals surface area (Å²) in [5.41, 5.74) is 6.71. The molecule has 0 radical (unpaired) electrons. The molecule has 1 spiro atoms. The molecule has 3 nitrogen and oxygen atoms in total. The third-order valence-corrected chi connectivity index (χ3v) is 5.14. The van der Waals surface area contributed by atoms with Crippen molar-refractivity contribution in [1.82, 2.24) is 4.90 Å². The highest BCUT2D eigenvalue weighted by Crippen LogP contribution is 2.43. The van der Waals surface area contributed by atoms with E-state index in [1.54, 1.807) is 0 Å². The fourth-order valence-electron chi connectivity index (χ4n) is 4.33. The number of nitrogens with zero attached hydrogens (tertiary/aromatic N) is 1. The lowest BCUT2D eigenvalue weighted by molar-refractivity contribution is -0.0632. The third-order valence-electron chi connectivity index (χ3n) is 5.14. The van der Waals surface area contributed by atoms with Crippen LogP contribution in [0.25, 0.3) is 0 Å². The van der Waals surface area contributed by atoms with E-state index in [0.29, 0.717) is 11.7 Å². The van der Waals surface area contributed by atoms with Crippen molar-refractivity contribution in [2.24, 2.45) is 5.73 Å². The van der Waals surface area contributed by atoms with Crippen LogP contribution in [-0.4, -0.2) is 41.8 Å². The van der Waals surface area contributed by atoms with Gasteiger partial charge in [0.05, 0.1) is 11.7 Å². The lowest BCUT2D eigenvalue weighted by Gasteiger charge is -2.48. The van der Waals surface area contributed by atoms with Crippen LogP contribution in [0.2, 0.25) is 0 Å². The van der Waals surface area contributed by atoms with Crippen LogP contribution in [0.4, 0.5) is 0 Å². The summed E-state index contributed by atoms with van der Waals surface area (Å²) in [4.78, 5) is 2.49. The Labute approximate surface area is 111 Å². The van der Waals surface area contributed by atoms with Crippen LogP contribution in [-0.2, 0) is 4.74 Å². The Morgan fingerprint density at radius 1 is 1.22 bits per heavy atom. The van der Waals surface area contributed by atoms with Gasteiger partial charge in [-0.15, -0.1) is 0 Å². The van der Waals surface area contributed by atoms with Crippen LogP contribution >= 0.6 is 0 Å². The zero-order valence-electron chi connectivity index (χ0n) is 11.8. The highest BCUT2D eigenvalue weighted by Gasteiger charge is 2.45. The first kappa shape index (κ1) is 12.9. The minimum Gasteiger partial charge on any atom is -0.370 e. The maximum Gasteiger partial charge on any atom is 0.0710 e. The molecule has 18 heavy (non-hydrogen) atoms. The Kier molecular flexibility index (Phi) is 3.41. The lowest BCUT2D eigenvalue weighted by Crippen LogP contribution is -2.68. The molecule has 3 fully saturated rings. The molecule has 0 aromatic heterocycles. The molecule has 3 heteroatoms. The van der Waals surface area contributed by atoms with E-state index in [9.17, 15) is 0 Å². The molecule has 0 aromatic carbocycles. The molecule has 0 aromatic rings. The number of ether oxygens (including phenoxy) is 1. The first-order chi connectivity index (χ1) is 8.63. The van der Waals surface area contributed by atoms with E-state index in [-0.39, 0.29) is 5.54 Å².